The number of amides is 4. The van der Waals surface area contributed by atoms with E-state index in [1.165, 1.54) is 12.3 Å². The number of hydrogen-bond acceptors (Lipinski definition) is 5. The van der Waals surface area contributed by atoms with Crippen LogP contribution in [-0.4, -0.2) is 22.7 Å². The van der Waals surface area contributed by atoms with Gasteiger partial charge in [0.05, 0.1) is 12.8 Å². The van der Waals surface area contributed by atoms with Gasteiger partial charge in [0.15, 0.2) is 0 Å². The predicted octanol–water partition coefficient (Wildman–Crippen LogP) is 4.59. The van der Waals surface area contributed by atoms with Gasteiger partial charge in [0.25, 0.3) is 11.8 Å². The van der Waals surface area contributed by atoms with Crippen LogP contribution in [0.25, 0.3) is 6.08 Å². The molecular weight excluding hydrogens is 476 g/mol. The van der Waals surface area contributed by atoms with Crippen LogP contribution in [0.4, 0.5) is 4.79 Å². The molecule has 2 heterocycles. The molecule has 8 heteroatoms. The molecule has 162 valence electrons. The number of nitrogens with one attached hydrogen (secondary N) is 1. The van der Waals surface area contributed by atoms with E-state index in [9.17, 15) is 14.4 Å². The molecule has 1 fully saturated rings. The maximum Gasteiger partial charge on any atom is 0.331 e. The van der Waals surface area contributed by atoms with E-state index in [0.29, 0.717) is 23.7 Å². The second-order valence-electron chi connectivity index (χ2n) is 7.25. The average molecular weight is 495 g/mol. The van der Waals surface area contributed by atoms with Crippen molar-refractivity contribution in [3.05, 3.63) is 93.4 Å². The zero-order valence-corrected chi connectivity index (χ0v) is 18.7. The zero-order valence-electron chi connectivity index (χ0n) is 17.1. The van der Waals surface area contributed by atoms with E-state index in [1.807, 2.05) is 37.3 Å². The number of barbiturate groups is 1. The smallest absolute Gasteiger partial charge is 0.331 e. The van der Waals surface area contributed by atoms with Crippen molar-refractivity contribution >= 4 is 39.9 Å². The molecule has 4 rings (SSSR count). The maximum atomic E-state index is 13.0. The molecule has 1 aromatic heterocycles. The molecule has 1 N–H and O–H groups in total. The molecular formula is C24H19BrN2O5. The van der Waals surface area contributed by atoms with Gasteiger partial charge >= 0.3 is 6.03 Å². The molecule has 7 nitrogen and oxygen atoms in total. The number of carbonyl (C=O) groups excluding carboxylic acids is 3. The van der Waals surface area contributed by atoms with E-state index in [-0.39, 0.29) is 12.1 Å². The summed E-state index contributed by atoms with van der Waals surface area (Å²) in [7, 11) is 0. The molecule has 0 unspecified atom stereocenters. The first-order valence-electron chi connectivity index (χ1n) is 9.80. The molecule has 1 saturated heterocycles. The van der Waals surface area contributed by atoms with Crippen LogP contribution in [0.15, 0.2) is 75.3 Å². The number of imide groups is 2. The molecule has 0 saturated carbocycles. The summed E-state index contributed by atoms with van der Waals surface area (Å²) in [5.41, 5.74) is 2.47. The predicted molar refractivity (Wildman–Crippen MR) is 120 cm³/mol. The number of nitrogens with zero attached hydrogens (tertiary/aromatic N) is 1. The Morgan fingerprint density at radius 2 is 1.94 bits per heavy atom. The van der Waals surface area contributed by atoms with Gasteiger partial charge in [-0.2, -0.15) is 0 Å². The van der Waals surface area contributed by atoms with Crippen LogP contribution in [0.3, 0.4) is 0 Å². The minimum absolute atomic E-state index is 0.0858. The average Bonchev–Trinajstić information content (AvgIpc) is 3.27. The summed E-state index contributed by atoms with van der Waals surface area (Å²) >= 11 is 3.41. The monoisotopic (exact) mass is 494 g/mol. The van der Waals surface area contributed by atoms with Gasteiger partial charge in [-0.05, 0) is 48.9 Å². The third-order valence-electron chi connectivity index (χ3n) is 4.83. The number of furan rings is 1. The van der Waals surface area contributed by atoms with E-state index in [0.717, 1.165) is 20.5 Å². The Morgan fingerprint density at radius 1 is 1.09 bits per heavy atom. The highest BCUT2D eigenvalue weighted by atomic mass is 79.9. The van der Waals surface area contributed by atoms with Crippen LogP contribution in [0.2, 0.25) is 0 Å². The number of halogens is 1. The molecule has 0 spiro atoms. The van der Waals surface area contributed by atoms with Crippen LogP contribution < -0.4 is 10.1 Å². The van der Waals surface area contributed by atoms with Crippen LogP contribution in [-0.2, 0) is 22.7 Å². The van der Waals surface area contributed by atoms with E-state index in [1.54, 1.807) is 24.3 Å². The quantitative estimate of drug-likeness (QED) is 0.399. The van der Waals surface area contributed by atoms with Crippen molar-refractivity contribution in [3.8, 4) is 5.75 Å². The van der Waals surface area contributed by atoms with Crippen molar-refractivity contribution in [3.63, 3.8) is 0 Å². The summed E-state index contributed by atoms with van der Waals surface area (Å²) in [5.74, 6) is -0.552. The van der Waals surface area contributed by atoms with Gasteiger partial charge in [-0.3, -0.25) is 19.8 Å². The van der Waals surface area contributed by atoms with Crippen molar-refractivity contribution in [2.75, 3.05) is 0 Å². The second-order valence-corrected chi connectivity index (χ2v) is 8.16. The highest BCUT2D eigenvalue weighted by Gasteiger charge is 2.36. The van der Waals surface area contributed by atoms with Gasteiger partial charge in [-0.25, -0.2) is 4.79 Å². The van der Waals surface area contributed by atoms with Gasteiger partial charge < -0.3 is 9.15 Å². The summed E-state index contributed by atoms with van der Waals surface area (Å²) in [6.45, 7) is 2.24. The van der Waals surface area contributed by atoms with E-state index < -0.39 is 17.8 Å². The molecule has 0 bridgehead atoms. The lowest BCUT2D eigenvalue weighted by Gasteiger charge is -2.25. The lowest BCUT2D eigenvalue weighted by atomic mass is 10.1. The van der Waals surface area contributed by atoms with Crippen LogP contribution in [0, 0.1) is 6.92 Å². The topological polar surface area (TPSA) is 88.8 Å². The van der Waals surface area contributed by atoms with Crippen LogP contribution in [0.1, 0.15) is 22.5 Å². The SMILES string of the molecule is Cc1cccc(COc2ccc(Br)cc2C=C2C(=O)NC(=O)N(Cc3ccco3)C2=O)c1. The lowest BCUT2D eigenvalue weighted by molar-refractivity contribution is -0.130. The van der Waals surface area contributed by atoms with Crippen LogP contribution >= 0.6 is 15.9 Å². The third-order valence-corrected chi connectivity index (χ3v) is 5.32. The van der Waals surface area contributed by atoms with Crippen molar-refractivity contribution in [1.29, 1.82) is 0 Å². The van der Waals surface area contributed by atoms with Crippen molar-refractivity contribution in [2.45, 2.75) is 20.1 Å². The number of hydrogen-bond donors (Lipinski definition) is 1. The largest absolute Gasteiger partial charge is 0.488 e. The Balaban J connectivity index is 1.62. The summed E-state index contributed by atoms with van der Waals surface area (Å²) in [6.07, 6.45) is 2.87. The summed E-state index contributed by atoms with van der Waals surface area (Å²) in [4.78, 5) is 38.6. The highest BCUT2D eigenvalue weighted by molar-refractivity contribution is 9.10. The molecule has 2 aromatic carbocycles. The minimum Gasteiger partial charge on any atom is -0.488 e. The summed E-state index contributed by atoms with van der Waals surface area (Å²) in [6, 6.07) is 15.7. The number of aryl methyl sites for hydroxylation is 1. The number of rotatable bonds is 6. The fourth-order valence-corrected chi connectivity index (χ4v) is 3.66. The van der Waals surface area contributed by atoms with Crippen molar-refractivity contribution in [1.82, 2.24) is 10.2 Å². The Morgan fingerprint density at radius 3 is 2.69 bits per heavy atom. The number of urea groups is 1. The van der Waals surface area contributed by atoms with Gasteiger partial charge in [0.1, 0.15) is 23.7 Å². The van der Waals surface area contributed by atoms with E-state index in [2.05, 4.69) is 21.2 Å². The molecule has 0 radical (unpaired) electrons. The Kier molecular flexibility index (Phi) is 6.23. The number of ether oxygens (including phenoxy) is 1. The first-order valence-corrected chi connectivity index (χ1v) is 10.6. The molecule has 0 aliphatic carbocycles. The Hall–Kier alpha value is -3.65. The Labute approximate surface area is 192 Å². The second kappa shape index (κ2) is 9.23. The third kappa shape index (κ3) is 4.81. The standard InChI is InChI=1S/C24H19BrN2O5/c1-15-4-2-5-16(10-15)14-32-21-8-7-18(25)11-17(21)12-20-22(28)26-24(30)27(23(20)29)13-19-6-3-9-31-19/h2-12H,13-14H2,1H3,(H,26,28,30). The lowest BCUT2D eigenvalue weighted by Crippen LogP contribution is -2.53. The molecule has 1 aliphatic rings. The van der Waals surface area contributed by atoms with E-state index in [4.69, 9.17) is 9.15 Å². The fraction of sp³-hybridized carbons (Fsp3) is 0.125. The molecule has 32 heavy (non-hydrogen) atoms. The molecule has 0 atom stereocenters. The van der Waals surface area contributed by atoms with E-state index >= 15 is 0 Å². The normalized spacial score (nSPS) is 15.2. The number of benzene rings is 2. The molecule has 1 aliphatic heterocycles. The zero-order chi connectivity index (χ0) is 22.7. The minimum atomic E-state index is -0.793. The van der Waals surface area contributed by atoms with Gasteiger partial charge in [0.2, 0.25) is 0 Å². The molecule has 4 amide bonds. The molecule has 3 aromatic rings. The van der Waals surface area contributed by atoms with Gasteiger partial charge in [-0.1, -0.05) is 45.8 Å². The Bertz CT molecular complexity index is 1220. The highest BCUT2D eigenvalue weighted by Crippen LogP contribution is 2.28. The first kappa shape index (κ1) is 21.6. The van der Waals surface area contributed by atoms with Crippen LogP contribution in [0.5, 0.6) is 5.75 Å². The van der Waals surface area contributed by atoms with Crippen molar-refractivity contribution < 1.29 is 23.5 Å². The first-order chi connectivity index (χ1) is 15.4. The summed E-state index contributed by atoms with van der Waals surface area (Å²) < 4.78 is 11.9. The van der Waals surface area contributed by atoms with Gasteiger partial charge in [0, 0.05) is 10.0 Å². The van der Waals surface area contributed by atoms with Gasteiger partial charge in [-0.15, -0.1) is 0 Å². The summed E-state index contributed by atoms with van der Waals surface area (Å²) in [5, 5.41) is 2.21. The van der Waals surface area contributed by atoms with Crippen molar-refractivity contribution in [2.24, 2.45) is 0 Å². The maximum absolute atomic E-state index is 13.0. The number of carbonyl (C=O) groups is 3. The fourth-order valence-electron chi connectivity index (χ4n) is 3.28.